The summed E-state index contributed by atoms with van der Waals surface area (Å²) in [5, 5.41) is 8.83. The van der Waals surface area contributed by atoms with Gasteiger partial charge >= 0.3 is 0 Å². The van der Waals surface area contributed by atoms with Crippen LogP contribution in [-0.2, 0) is 9.59 Å². The maximum Gasteiger partial charge on any atom is 0.242 e. The number of hydrogen-bond acceptors (Lipinski definition) is 3. The van der Waals surface area contributed by atoms with Crippen LogP contribution in [0.2, 0.25) is 0 Å². The molecule has 1 unspecified atom stereocenters. The highest BCUT2D eigenvalue weighted by Crippen LogP contribution is 2.17. The molecule has 0 bridgehead atoms. The molecule has 1 aromatic carbocycles. The van der Waals surface area contributed by atoms with Gasteiger partial charge in [0.05, 0.1) is 0 Å². The zero-order valence-electron chi connectivity index (χ0n) is 11.0. The molecule has 19 heavy (non-hydrogen) atoms. The van der Waals surface area contributed by atoms with E-state index in [2.05, 4.69) is 16.0 Å². The van der Waals surface area contributed by atoms with E-state index in [1.807, 2.05) is 24.3 Å². The van der Waals surface area contributed by atoms with Crippen LogP contribution in [0.3, 0.4) is 0 Å². The lowest BCUT2D eigenvalue weighted by Crippen LogP contribution is -2.37. The first-order valence-electron chi connectivity index (χ1n) is 6.57. The highest BCUT2D eigenvalue weighted by Gasteiger charge is 2.19. The van der Waals surface area contributed by atoms with Crippen molar-refractivity contribution in [1.82, 2.24) is 5.32 Å². The van der Waals surface area contributed by atoms with Crippen molar-refractivity contribution in [3.63, 3.8) is 0 Å². The molecule has 5 heteroatoms. The molecular formula is C14H19N3O2. The number of anilines is 2. The molecule has 5 nitrogen and oxygen atoms in total. The van der Waals surface area contributed by atoms with E-state index in [4.69, 9.17) is 0 Å². The first-order chi connectivity index (χ1) is 9.15. The summed E-state index contributed by atoms with van der Waals surface area (Å²) < 4.78 is 0. The molecule has 2 rings (SSSR count). The molecule has 1 aromatic rings. The van der Waals surface area contributed by atoms with Crippen molar-refractivity contribution >= 4 is 23.2 Å². The van der Waals surface area contributed by atoms with E-state index in [0.717, 1.165) is 37.2 Å². The summed E-state index contributed by atoms with van der Waals surface area (Å²) in [4.78, 5) is 22.7. The molecule has 1 heterocycles. The second kappa shape index (κ2) is 6.22. The molecular weight excluding hydrogens is 242 g/mol. The second-order valence-electron chi connectivity index (χ2n) is 4.74. The van der Waals surface area contributed by atoms with Crippen molar-refractivity contribution in [3.05, 3.63) is 24.3 Å². The Labute approximate surface area is 112 Å². The van der Waals surface area contributed by atoms with Gasteiger partial charge in [0.2, 0.25) is 11.8 Å². The number of hydrogen-bond donors (Lipinski definition) is 3. The van der Waals surface area contributed by atoms with Crippen LogP contribution in [0.1, 0.15) is 26.2 Å². The third-order valence-electron chi connectivity index (χ3n) is 3.08. The maximum absolute atomic E-state index is 11.8. The number of carbonyl (C=O) groups is 2. The van der Waals surface area contributed by atoms with E-state index < -0.39 is 0 Å². The zero-order chi connectivity index (χ0) is 13.7. The van der Waals surface area contributed by atoms with Crippen molar-refractivity contribution in [2.24, 2.45) is 0 Å². The van der Waals surface area contributed by atoms with Crippen LogP contribution < -0.4 is 16.0 Å². The van der Waals surface area contributed by atoms with Gasteiger partial charge in [-0.3, -0.25) is 9.59 Å². The summed E-state index contributed by atoms with van der Waals surface area (Å²) in [6, 6.07) is 7.19. The summed E-state index contributed by atoms with van der Waals surface area (Å²) in [5.41, 5.74) is 1.64. The SMILES string of the molecule is CC(=O)Nc1ccc(NC2CCCCNC2=O)cc1. The number of rotatable bonds is 3. The van der Waals surface area contributed by atoms with Crippen molar-refractivity contribution in [1.29, 1.82) is 0 Å². The predicted octanol–water partition coefficient (Wildman–Crippen LogP) is 1.73. The number of nitrogens with one attached hydrogen (secondary N) is 3. The molecule has 0 saturated carbocycles. The molecule has 0 aliphatic carbocycles. The van der Waals surface area contributed by atoms with E-state index in [0.29, 0.717) is 0 Å². The van der Waals surface area contributed by atoms with E-state index in [1.54, 1.807) is 0 Å². The van der Waals surface area contributed by atoms with Gasteiger partial charge in [-0.25, -0.2) is 0 Å². The summed E-state index contributed by atoms with van der Waals surface area (Å²) >= 11 is 0. The minimum Gasteiger partial charge on any atom is -0.374 e. The average molecular weight is 261 g/mol. The van der Waals surface area contributed by atoms with Crippen LogP contribution in [0.25, 0.3) is 0 Å². The van der Waals surface area contributed by atoms with Crippen LogP contribution in [0.4, 0.5) is 11.4 Å². The quantitative estimate of drug-likeness (QED) is 0.776. The van der Waals surface area contributed by atoms with Gasteiger partial charge < -0.3 is 16.0 Å². The fraction of sp³-hybridized carbons (Fsp3) is 0.429. The van der Waals surface area contributed by atoms with Gasteiger partial charge in [-0.15, -0.1) is 0 Å². The molecule has 1 saturated heterocycles. The minimum absolute atomic E-state index is 0.0587. The van der Waals surface area contributed by atoms with Crippen molar-refractivity contribution in [2.45, 2.75) is 32.2 Å². The summed E-state index contributed by atoms with van der Waals surface area (Å²) in [6.45, 7) is 2.24. The van der Waals surface area contributed by atoms with E-state index in [-0.39, 0.29) is 17.9 Å². The third-order valence-corrected chi connectivity index (χ3v) is 3.08. The lowest BCUT2D eigenvalue weighted by molar-refractivity contribution is -0.121. The van der Waals surface area contributed by atoms with Gasteiger partial charge in [0.25, 0.3) is 0 Å². The molecule has 1 fully saturated rings. The second-order valence-corrected chi connectivity index (χ2v) is 4.74. The summed E-state index contributed by atoms with van der Waals surface area (Å²) in [7, 11) is 0. The highest BCUT2D eigenvalue weighted by molar-refractivity contribution is 5.89. The highest BCUT2D eigenvalue weighted by atomic mass is 16.2. The first-order valence-corrected chi connectivity index (χ1v) is 6.57. The number of benzene rings is 1. The smallest absolute Gasteiger partial charge is 0.242 e. The molecule has 0 radical (unpaired) electrons. The van der Waals surface area contributed by atoms with Gasteiger partial charge in [-0.1, -0.05) is 0 Å². The molecule has 1 aliphatic heterocycles. The molecule has 3 N–H and O–H groups in total. The monoisotopic (exact) mass is 261 g/mol. The Morgan fingerprint density at radius 2 is 1.89 bits per heavy atom. The number of amides is 2. The van der Waals surface area contributed by atoms with Gasteiger partial charge in [0, 0.05) is 24.8 Å². The molecule has 1 atom stereocenters. The van der Waals surface area contributed by atoms with Crippen molar-refractivity contribution in [3.8, 4) is 0 Å². The van der Waals surface area contributed by atoms with E-state index in [1.165, 1.54) is 6.92 Å². The molecule has 2 amide bonds. The van der Waals surface area contributed by atoms with Crippen LogP contribution in [0, 0.1) is 0 Å². The van der Waals surface area contributed by atoms with Crippen LogP contribution in [0.5, 0.6) is 0 Å². The lowest BCUT2D eigenvalue weighted by atomic mass is 10.1. The summed E-state index contributed by atoms with van der Waals surface area (Å²) in [6.07, 6.45) is 2.92. The Hall–Kier alpha value is -2.04. The Kier molecular flexibility index (Phi) is 4.39. The van der Waals surface area contributed by atoms with Crippen LogP contribution in [0.15, 0.2) is 24.3 Å². The largest absolute Gasteiger partial charge is 0.374 e. The van der Waals surface area contributed by atoms with Crippen LogP contribution in [-0.4, -0.2) is 24.4 Å². The van der Waals surface area contributed by atoms with Crippen molar-refractivity contribution < 1.29 is 9.59 Å². The van der Waals surface area contributed by atoms with E-state index in [9.17, 15) is 9.59 Å². The van der Waals surface area contributed by atoms with Gasteiger partial charge in [0.15, 0.2) is 0 Å². The van der Waals surface area contributed by atoms with Crippen LogP contribution >= 0.6 is 0 Å². The first kappa shape index (κ1) is 13.4. The zero-order valence-corrected chi connectivity index (χ0v) is 11.0. The average Bonchev–Trinajstić information content (AvgIpc) is 2.57. The Morgan fingerprint density at radius 3 is 2.58 bits per heavy atom. The molecule has 0 spiro atoms. The molecule has 0 aromatic heterocycles. The third kappa shape index (κ3) is 3.98. The van der Waals surface area contributed by atoms with Gasteiger partial charge in [-0.05, 0) is 43.5 Å². The predicted molar refractivity (Wildman–Crippen MR) is 75.0 cm³/mol. The minimum atomic E-state index is -0.172. The van der Waals surface area contributed by atoms with Gasteiger partial charge in [-0.2, -0.15) is 0 Å². The Balaban J connectivity index is 1.98. The summed E-state index contributed by atoms with van der Waals surface area (Å²) in [5.74, 6) is -0.0349. The number of carbonyl (C=O) groups excluding carboxylic acids is 2. The molecule has 1 aliphatic rings. The lowest BCUT2D eigenvalue weighted by Gasteiger charge is -2.16. The fourth-order valence-corrected chi connectivity index (χ4v) is 2.13. The Morgan fingerprint density at radius 1 is 1.21 bits per heavy atom. The van der Waals surface area contributed by atoms with Gasteiger partial charge in [0.1, 0.15) is 6.04 Å². The topological polar surface area (TPSA) is 70.2 Å². The fourth-order valence-electron chi connectivity index (χ4n) is 2.13. The normalized spacial score (nSPS) is 19.2. The maximum atomic E-state index is 11.8. The van der Waals surface area contributed by atoms with Crippen molar-refractivity contribution in [2.75, 3.05) is 17.2 Å². The molecule has 102 valence electrons. The standard InChI is InChI=1S/C14H19N3O2/c1-10(18)16-11-5-7-12(8-6-11)17-13-4-2-3-9-15-14(13)19/h5-8,13,17H,2-4,9H2,1H3,(H,15,19)(H,16,18). The Bertz CT molecular complexity index is 456. The van der Waals surface area contributed by atoms with E-state index >= 15 is 0 Å².